The molecule has 6 nitrogen and oxygen atoms in total. The number of hydrogen-bond acceptors (Lipinski definition) is 6. The van der Waals surface area contributed by atoms with Gasteiger partial charge in [0.05, 0.1) is 0 Å². The Balaban J connectivity index is 0.000000197. The molecule has 6 heteroatoms. The summed E-state index contributed by atoms with van der Waals surface area (Å²) >= 11 is 0. The number of rotatable bonds is 5. The Morgan fingerprint density at radius 2 is 0.892 bits per heavy atom. The molecular weight excluding hydrogens is 456 g/mol. The van der Waals surface area contributed by atoms with Gasteiger partial charge in [-0.05, 0) is 110 Å². The summed E-state index contributed by atoms with van der Waals surface area (Å²) in [6.45, 7) is 31.5. The molecule has 0 amide bonds. The Morgan fingerprint density at radius 1 is 0.541 bits per heavy atom. The van der Waals surface area contributed by atoms with Crippen molar-refractivity contribution in [1.29, 1.82) is 0 Å². The third-order valence-electron chi connectivity index (χ3n) is 9.51. The summed E-state index contributed by atoms with van der Waals surface area (Å²) in [6.07, 6.45) is 4.32. The maximum absolute atomic E-state index is 2.62. The zero-order chi connectivity index (χ0) is 28.3. The lowest BCUT2D eigenvalue weighted by molar-refractivity contribution is -0.0393. The molecule has 3 heterocycles. The molecular formula is C31H66N6. The highest BCUT2D eigenvalue weighted by Crippen LogP contribution is 2.30. The van der Waals surface area contributed by atoms with Crippen LogP contribution >= 0.6 is 0 Å². The van der Waals surface area contributed by atoms with Crippen molar-refractivity contribution in [2.24, 2.45) is 0 Å². The van der Waals surface area contributed by atoms with Crippen LogP contribution in [0.1, 0.15) is 88.5 Å². The van der Waals surface area contributed by atoms with Crippen LogP contribution in [0.5, 0.6) is 0 Å². The number of nitrogens with zero attached hydrogens (tertiary/aromatic N) is 6. The Bertz CT molecular complexity index is 651. The first kappa shape index (κ1) is 33.0. The SMILES string of the molecule is CCN(C)C1CN(C(C)(C)C)C1.CN(C)C1CN(C(C)(C)C)C1.CN(C1CCC1)C1CN(C(C)(C)C)C1. The van der Waals surface area contributed by atoms with Crippen LogP contribution in [0.3, 0.4) is 0 Å². The molecule has 1 saturated carbocycles. The Hall–Kier alpha value is -0.240. The summed E-state index contributed by atoms with van der Waals surface area (Å²) in [5.74, 6) is 0. The summed E-state index contributed by atoms with van der Waals surface area (Å²) in [7, 11) is 8.84. The van der Waals surface area contributed by atoms with Crippen molar-refractivity contribution < 1.29 is 0 Å². The third kappa shape index (κ3) is 9.42. The van der Waals surface area contributed by atoms with Crippen LogP contribution in [0.25, 0.3) is 0 Å². The fraction of sp³-hybridized carbons (Fsp3) is 1.00. The summed E-state index contributed by atoms with van der Waals surface area (Å²) in [5, 5.41) is 0. The summed E-state index contributed by atoms with van der Waals surface area (Å²) in [6, 6.07) is 3.32. The van der Waals surface area contributed by atoms with Gasteiger partial charge in [0.1, 0.15) is 0 Å². The van der Waals surface area contributed by atoms with Crippen LogP contribution in [0.2, 0.25) is 0 Å². The van der Waals surface area contributed by atoms with Crippen LogP contribution in [0.4, 0.5) is 0 Å². The lowest BCUT2D eigenvalue weighted by Crippen LogP contribution is -2.65. The van der Waals surface area contributed by atoms with Gasteiger partial charge < -0.3 is 9.80 Å². The van der Waals surface area contributed by atoms with Crippen LogP contribution in [-0.4, -0.2) is 144 Å². The second-order valence-corrected chi connectivity index (χ2v) is 15.5. The van der Waals surface area contributed by atoms with Crippen molar-refractivity contribution in [2.45, 2.75) is 129 Å². The first-order chi connectivity index (χ1) is 16.8. The van der Waals surface area contributed by atoms with Crippen LogP contribution in [0, 0.1) is 0 Å². The molecule has 0 bridgehead atoms. The van der Waals surface area contributed by atoms with E-state index in [-0.39, 0.29) is 0 Å². The highest BCUT2D eigenvalue weighted by atomic mass is 15.3. The predicted octanol–water partition coefficient (Wildman–Crippen LogP) is 4.40. The summed E-state index contributed by atoms with van der Waals surface area (Å²) in [4.78, 5) is 15.0. The second-order valence-electron chi connectivity index (χ2n) is 15.5. The first-order valence-corrected chi connectivity index (χ1v) is 15.2. The van der Waals surface area contributed by atoms with Crippen molar-refractivity contribution in [1.82, 2.24) is 29.4 Å². The van der Waals surface area contributed by atoms with Crippen LogP contribution in [0.15, 0.2) is 0 Å². The smallest absolute Gasteiger partial charge is 0.0350 e. The van der Waals surface area contributed by atoms with E-state index in [0.29, 0.717) is 16.6 Å². The van der Waals surface area contributed by atoms with E-state index in [1.807, 2.05) is 0 Å². The van der Waals surface area contributed by atoms with Gasteiger partial charge in [-0.25, -0.2) is 0 Å². The number of likely N-dealkylation sites (N-methyl/N-ethyl adjacent to an activating group) is 3. The molecule has 220 valence electrons. The highest BCUT2D eigenvalue weighted by molar-refractivity contribution is 4.96. The minimum absolute atomic E-state index is 0.366. The minimum Gasteiger partial charge on any atom is -0.304 e. The van der Waals surface area contributed by atoms with Gasteiger partial charge >= 0.3 is 0 Å². The van der Waals surface area contributed by atoms with Crippen LogP contribution in [-0.2, 0) is 0 Å². The fourth-order valence-corrected chi connectivity index (χ4v) is 5.22. The van der Waals surface area contributed by atoms with Gasteiger partial charge in [-0.3, -0.25) is 19.6 Å². The van der Waals surface area contributed by atoms with E-state index in [2.05, 4.69) is 127 Å². The normalized spacial score (nSPS) is 23.6. The van der Waals surface area contributed by atoms with Gasteiger partial charge in [-0.2, -0.15) is 0 Å². The van der Waals surface area contributed by atoms with Gasteiger partial charge in [-0.15, -0.1) is 0 Å². The second kappa shape index (κ2) is 13.0. The van der Waals surface area contributed by atoms with Crippen molar-refractivity contribution in [3.63, 3.8) is 0 Å². The molecule has 0 unspecified atom stereocenters. The molecule has 1 aliphatic carbocycles. The molecule has 0 aromatic carbocycles. The van der Waals surface area contributed by atoms with E-state index >= 15 is 0 Å². The molecule has 0 spiro atoms. The Kier molecular flexibility index (Phi) is 11.5. The highest BCUT2D eigenvalue weighted by Gasteiger charge is 2.39. The topological polar surface area (TPSA) is 19.4 Å². The molecule has 3 aliphatic heterocycles. The van der Waals surface area contributed by atoms with E-state index in [1.165, 1.54) is 65.1 Å². The lowest BCUT2D eigenvalue weighted by atomic mass is 9.88. The van der Waals surface area contributed by atoms with Gasteiger partial charge in [-0.1, -0.05) is 13.3 Å². The van der Waals surface area contributed by atoms with E-state index < -0.39 is 0 Å². The average molecular weight is 523 g/mol. The monoisotopic (exact) mass is 523 g/mol. The van der Waals surface area contributed by atoms with E-state index in [9.17, 15) is 0 Å². The van der Waals surface area contributed by atoms with Crippen molar-refractivity contribution in [2.75, 3.05) is 74.0 Å². The molecule has 0 aromatic heterocycles. The van der Waals surface area contributed by atoms with Crippen molar-refractivity contribution in [3.05, 3.63) is 0 Å². The molecule has 4 aliphatic rings. The third-order valence-corrected chi connectivity index (χ3v) is 9.51. The Labute approximate surface area is 232 Å². The molecule has 0 N–H and O–H groups in total. The minimum atomic E-state index is 0.366. The van der Waals surface area contributed by atoms with Gasteiger partial charge in [0.25, 0.3) is 0 Å². The zero-order valence-corrected chi connectivity index (χ0v) is 27.6. The zero-order valence-electron chi connectivity index (χ0n) is 27.6. The maximum atomic E-state index is 2.62. The van der Waals surface area contributed by atoms with E-state index in [0.717, 1.165) is 24.2 Å². The molecule has 0 aromatic rings. The van der Waals surface area contributed by atoms with E-state index in [4.69, 9.17) is 0 Å². The largest absolute Gasteiger partial charge is 0.304 e. The summed E-state index contributed by atoms with van der Waals surface area (Å²) in [5.41, 5.74) is 1.11. The molecule has 4 fully saturated rings. The predicted molar refractivity (Wildman–Crippen MR) is 163 cm³/mol. The number of hydrogen-bond donors (Lipinski definition) is 0. The maximum Gasteiger partial charge on any atom is 0.0350 e. The van der Waals surface area contributed by atoms with Crippen molar-refractivity contribution >= 4 is 0 Å². The molecule has 0 radical (unpaired) electrons. The average Bonchev–Trinajstić information content (AvgIpc) is 2.52. The molecule has 3 saturated heterocycles. The van der Waals surface area contributed by atoms with Crippen LogP contribution < -0.4 is 0 Å². The van der Waals surface area contributed by atoms with E-state index in [1.54, 1.807) is 0 Å². The fourth-order valence-electron chi connectivity index (χ4n) is 5.22. The van der Waals surface area contributed by atoms with Gasteiger partial charge in [0.15, 0.2) is 0 Å². The summed E-state index contributed by atoms with van der Waals surface area (Å²) < 4.78 is 0. The first-order valence-electron chi connectivity index (χ1n) is 15.2. The quantitative estimate of drug-likeness (QED) is 0.529. The molecule has 4 rings (SSSR count). The molecule has 37 heavy (non-hydrogen) atoms. The Morgan fingerprint density at radius 3 is 1.16 bits per heavy atom. The molecule has 0 atom stereocenters. The number of likely N-dealkylation sites (tertiary alicyclic amines) is 3. The van der Waals surface area contributed by atoms with Gasteiger partial charge in [0.2, 0.25) is 0 Å². The standard InChI is InChI=1S/C12H24N2.C10H22N2.C9H20N2/c1-12(2,3)14-8-11(9-14)13(4)10-6-5-7-10;1-6-11(5)9-7-12(8-9)10(2,3)4;1-9(2,3)11-6-8(7-11)10(4)5/h10-11H,5-9H2,1-4H3;9H,6-8H2,1-5H3;8H,6-7H2,1-5H3. The van der Waals surface area contributed by atoms with Crippen molar-refractivity contribution in [3.8, 4) is 0 Å². The lowest BCUT2D eigenvalue weighted by Gasteiger charge is -2.53. The van der Waals surface area contributed by atoms with Gasteiger partial charge in [0, 0.05) is 80.1 Å².